The average molecular weight is 309 g/mol. The van der Waals surface area contributed by atoms with E-state index in [1.54, 1.807) is 11.2 Å². The van der Waals surface area contributed by atoms with Gasteiger partial charge in [0.1, 0.15) is 4.75 Å². The number of nitrogens with zero attached hydrogens (tertiary/aromatic N) is 1. The van der Waals surface area contributed by atoms with E-state index in [-0.39, 0.29) is 16.6 Å². The summed E-state index contributed by atoms with van der Waals surface area (Å²) in [5, 5.41) is 0. The van der Waals surface area contributed by atoms with Crippen molar-refractivity contribution >= 4 is 17.3 Å². The highest BCUT2D eigenvalue weighted by Gasteiger charge is 2.54. The molecule has 2 rings (SSSR count). The van der Waals surface area contributed by atoms with Gasteiger partial charge < -0.3 is 9.29 Å². The molecule has 1 aromatic rings. The summed E-state index contributed by atoms with van der Waals surface area (Å²) in [6.45, 7) is 8.51. The van der Waals surface area contributed by atoms with Gasteiger partial charge in [-0.15, -0.1) is 4.31 Å². The van der Waals surface area contributed by atoms with Crippen molar-refractivity contribution in [3.63, 3.8) is 0 Å². The van der Waals surface area contributed by atoms with Crippen LogP contribution in [-0.4, -0.2) is 38.8 Å². The lowest BCUT2D eigenvalue weighted by Gasteiger charge is -2.47. The van der Waals surface area contributed by atoms with Gasteiger partial charge in [0.25, 0.3) is 0 Å². The molecule has 0 bridgehead atoms. The molecule has 5 heteroatoms. The van der Waals surface area contributed by atoms with Gasteiger partial charge in [0.15, 0.2) is 6.04 Å². The van der Waals surface area contributed by atoms with E-state index >= 15 is 0 Å². The van der Waals surface area contributed by atoms with Crippen LogP contribution in [0.4, 0.5) is 0 Å². The fraction of sp³-hybridized carbons (Fsp3) is 0.562. The maximum atomic E-state index is 12.6. The number of carbonyl (C=O) groups is 1. The molecule has 0 amide bonds. The lowest BCUT2D eigenvalue weighted by Crippen LogP contribution is -2.63. The van der Waals surface area contributed by atoms with Gasteiger partial charge in [-0.25, -0.2) is 0 Å². The Morgan fingerprint density at radius 2 is 2.00 bits per heavy atom. The fourth-order valence-electron chi connectivity index (χ4n) is 2.49. The zero-order valence-electron chi connectivity index (χ0n) is 13.0. The predicted molar refractivity (Wildman–Crippen MR) is 84.2 cm³/mol. The van der Waals surface area contributed by atoms with Crippen molar-refractivity contribution < 1.29 is 14.1 Å². The Bertz CT molecular complexity index is 486. The van der Waals surface area contributed by atoms with Gasteiger partial charge in [0.2, 0.25) is 0 Å². The molecule has 0 aromatic heterocycles. The second kappa shape index (κ2) is 6.38. The van der Waals surface area contributed by atoms with Crippen molar-refractivity contribution in [2.75, 3.05) is 13.2 Å². The van der Waals surface area contributed by atoms with Crippen molar-refractivity contribution in [2.24, 2.45) is 0 Å². The summed E-state index contributed by atoms with van der Waals surface area (Å²) in [6, 6.07) is 9.43. The summed E-state index contributed by atoms with van der Waals surface area (Å²) in [6.07, 6.45) is 0. The molecule has 0 saturated carbocycles. The second-order valence-corrected chi connectivity index (χ2v) is 8.37. The third-order valence-corrected chi connectivity index (χ3v) is 5.41. The lowest BCUT2D eigenvalue weighted by molar-refractivity contribution is -0.152. The molecule has 0 spiro atoms. The first-order valence-corrected chi connectivity index (χ1v) is 8.37. The maximum absolute atomic E-state index is 12.6. The highest BCUT2D eigenvalue weighted by atomic mass is 32.2. The van der Waals surface area contributed by atoms with E-state index in [9.17, 15) is 9.35 Å². The molecule has 3 atom stereocenters. The zero-order valence-corrected chi connectivity index (χ0v) is 13.9. The highest BCUT2D eigenvalue weighted by Crippen LogP contribution is 2.40. The summed E-state index contributed by atoms with van der Waals surface area (Å²) >= 11 is -1.21. The Morgan fingerprint density at radius 1 is 1.38 bits per heavy atom. The maximum Gasteiger partial charge on any atom is 0.328 e. The number of ether oxygens (including phenoxy) is 1. The normalized spacial score (nSPS) is 24.2. The molecule has 1 saturated heterocycles. The van der Waals surface area contributed by atoms with Crippen LogP contribution in [0.15, 0.2) is 30.3 Å². The summed E-state index contributed by atoms with van der Waals surface area (Å²) < 4.78 is 19.1. The molecule has 21 heavy (non-hydrogen) atoms. The molecule has 4 nitrogen and oxygen atoms in total. The summed E-state index contributed by atoms with van der Waals surface area (Å²) in [4.78, 5) is 12.3. The molecule has 116 valence electrons. The molecule has 1 aromatic carbocycles. The largest absolute Gasteiger partial charge is 0.597 e. The first-order chi connectivity index (χ1) is 9.86. The number of benzene rings is 1. The average Bonchev–Trinajstić information content (AvgIpc) is 2.38. The van der Waals surface area contributed by atoms with Crippen LogP contribution in [0.5, 0.6) is 0 Å². The molecule has 1 unspecified atom stereocenters. The van der Waals surface area contributed by atoms with Gasteiger partial charge in [0, 0.05) is 17.3 Å². The van der Waals surface area contributed by atoms with Gasteiger partial charge in [-0.1, -0.05) is 30.3 Å². The van der Waals surface area contributed by atoms with E-state index in [1.807, 2.05) is 51.1 Å². The second-order valence-electron chi connectivity index (χ2n) is 6.18. The third-order valence-electron chi connectivity index (χ3n) is 3.56. The minimum Gasteiger partial charge on any atom is -0.597 e. The van der Waals surface area contributed by atoms with Crippen LogP contribution in [0, 0.1) is 0 Å². The van der Waals surface area contributed by atoms with Gasteiger partial charge in [0.05, 0.1) is 13.2 Å². The smallest absolute Gasteiger partial charge is 0.328 e. The summed E-state index contributed by atoms with van der Waals surface area (Å²) in [7, 11) is 0. The molecular formula is C16H23NO3S. The topological polar surface area (TPSA) is 52.6 Å². The van der Waals surface area contributed by atoms with Gasteiger partial charge in [-0.2, -0.15) is 0 Å². The minimum absolute atomic E-state index is 0.0524. The first-order valence-electron chi connectivity index (χ1n) is 7.26. The van der Waals surface area contributed by atoms with Crippen molar-refractivity contribution in [3.8, 4) is 0 Å². The van der Waals surface area contributed by atoms with E-state index in [2.05, 4.69) is 0 Å². The van der Waals surface area contributed by atoms with Crippen LogP contribution >= 0.6 is 0 Å². The highest BCUT2D eigenvalue weighted by molar-refractivity contribution is 7.90. The van der Waals surface area contributed by atoms with Crippen molar-refractivity contribution in [3.05, 3.63) is 35.9 Å². The quantitative estimate of drug-likeness (QED) is 0.633. The zero-order chi connectivity index (χ0) is 15.6. The van der Waals surface area contributed by atoms with E-state index in [0.717, 1.165) is 5.56 Å². The SMILES string of the molecule is CCOC(=O)[C@H]1[C@H](c2ccccc2)CN1[S+]([O-])C(C)(C)C. The molecular weight excluding hydrogens is 286 g/mol. The minimum atomic E-state index is -1.21. The molecule has 0 radical (unpaired) electrons. The van der Waals surface area contributed by atoms with E-state index in [1.165, 1.54) is 0 Å². The third kappa shape index (κ3) is 3.42. The Labute approximate surface area is 129 Å². The predicted octanol–water partition coefficient (Wildman–Crippen LogP) is 2.48. The van der Waals surface area contributed by atoms with Crippen LogP contribution < -0.4 is 0 Å². The Kier molecular flexibility index (Phi) is 4.96. The van der Waals surface area contributed by atoms with Crippen LogP contribution in [-0.2, 0) is 20.9 Å². The Hall–Kier alpha value is -1.04. The summed E-state index contributed by atoms with van der Waals surface area (Å²) in [5.74, 6) is -0.230. The molecule has 1 fully saturated rings. The first kappa shape index (κ1) is 16.3. The fourth-order valence-corrected chi connectivity index (χ4v) is 3.93. The summed E-state index contributed by atoms with van der Waals surface area (Å²) in [5.41, 5.74) is 1.10. The van der Waals surface area contributed by atoms with Crippen LogP contribution in [0.1, 0.15) is 39.2 Å². The Balaban J connectivity index is 2.20. The van der Waals surface area contributed by atoms with Crippen LogP contribution in [0.2, 0.25) is 0 Å². The van der Waals surface area contributed by atoms with Crippen molar-refractivity contribution in [2.45, 2.75) is 44.4 Å². The van der Waals surface area contributed by atoms with Crippen molar-refractivity contribution in [1.82, 2.24) is 4.31 Å². The number of hydrogen-bond donors (Lipinski definition) is 0. The molecule has 1 aliphatic heterocycles. The van der Waals surface area contributed by atoms with Gasteiger partial charge >= 0.3 is 5.97 Å². The monoisotopic (exact) mass is 309 g/mol. The van der Waals surface area contributed by atoms with Crippen LogP contribution in [0.3, 0.4) is 0 Å². The number of esters is 1. The van der Waals surface area contributed by atoms with E-state index in [0.29, 0.717) is 13.2 Å². The number of carbonyl (C=O) groups excluding carboxylic acids is 1. The van der Waals surface area contributed by atoms with E-state index < -0.39 is 17.4 Å². The molecule has 0 N–H and O–H groups in total. The standard InChI is InChI=1S/C16H23NO3S/c1-5-20-15(18)14-13(12-9-7-6-8-10-12)11-17(14)21(19)16(2,3)4/h6-10,13-14H,5,11H2,1-4H3/t13-,14+,21?/m0/s1. The van der Waals surface area contributed by atoms with Crippen LogP contribution in [0.25, 0.3) is 0 Å². The number of rotatable bonds is 4. The van der Waals surface area contributed by atoms with Gasteiger partial charge in [-0.05, 0) is 33.3 Å². The van der Waals surface area contributed by atoms with E-state index in [4.69, 9.17) is 4.74 Å². The molecule has 1 aliphatic rings. The molecule has 1 heterocycles. The Morgan fingerprint density at radius 3 is 2.52 bits per heavy atom. The van der Waals surface area contributed by atoms with Crippen molar-refractivity contribution in [1.29, 1.82) is 0 Å². The van der Waals surface area contributed by atoms with Gasteiger partial charge in [-0.3, -0.25) is 4.79 Å². The lowest BCUT2D eigenvalue weighted by atomic mass is 9.85. The number of hydrogen-bond acceptors (Lipinski definition) is 4. The molecule has 0 aliphatic carbocycles.